The largest absolute Gasteiger partial charge is 0.379 e. The van der Waals surface area contributed by atoms with Gasteiger partial charge < -0.3 is 15.4 Å². The predicted molar refractivity (Wildman–Crippen MR) is 67.7 cm³/mol. The Labute approximate surface area is 103 Å². The number of hydrogen-bond donors (Lipinski definition) is 2. The maximum Gasteiger partial charge on any atom is 0.0646 e. The predicted octanol–water partition coefficient (Wildman–Crippen LogP) is 1.56. The molecule has 2 aliphatic heterocycles. The third kappa shape index (κ3) is 2.37. The average molecular weight is 232 g/mol. The summed E-state index contributed by atoms with van der Waals surface area (Å²) in [5, 5.41) is 7.00. The van der Waals surface area contributed by atoms with E-state index in [1.807, 2.05) is 0 Å². The van der Waals surface area contributed by atoms with E-state index in [2.05, 4.69) is 35.8 Å². The fourth-order valence-electron chi connectivity index (χ4n) is 2.58. The molecule has 17 heavy (non-hydrogen) atoms. The molecule has 3 heteroatoms. The number of hydrogen-bond acceptors (Lipinski definition) is 3. The van der Waals surface area contributed by atoms with Crippen LogP contribution in [0.15, 0.2) is 18.2 Å². The summed E-state index contributed by atoms with van der Waals surface area (Å²) in [4.78, 5) is 0. The second-order valence-electron chi connectivity index (χ2n) is 5.42. The van der Waals surface area contributed by atoms with Crippen LogP contribution in [0.3, 0.4) is 0 Å². The van der Waals surface area contributed by atoms with Crippen LogP contribution >= 0.6 is 0 Å². The van der Waals surface area contributed by atoms with E-state index in [1.165, 1.54) is 16.7 Å². The maximum atomic E-state index is 5.45. The molecule has 3 rings (SSSR count). The molecule has 1 unspecified atom stereocenters. The highest BCUT2D eigenvalue weighted by Crippen LogP contribution is 2.20. The lowest BCUT2D eigenvalue weighted by atomic mass is 10.0. The normalized spacial score (nSPS) is 27.4. The van der Waals surface area contributed by atoms with Crippen LogP contribution in [-0.2, 0) is 24.4 Å². The molecule has 2 heterocycles. The van der Waals surface area contributed by atoms with Gasteiger partial charge in [0.1, 0.15) is 0 Å². The number of ether oxygens (including phenoxy) is 1. The van der Waals surface area contributed by atoms with E-state index in [0.29, 0.717) is 0 Å². The van der Waals surface area contributed by atoms with Crippen molar-refractivity contribution in [3.8, 4) is 0 Å². The highest BCUT2D eigenvalue weighted by atomic mass is 16.5. The summed E-state index contributed by atoms with van der Waals surface area (Å²) in [7, 11) is 0. The highest BCUT2D eigenvalue weighted by molar-refractivity contribution is 5.34. The van der Waals surface area contributed by atoms with Crippen LogP contribution in [-0.4, -0.2) is 18.8 Å². The number of benzene rings is 1. The monoisotopic (exact) mass is 232 g/mol. The minimum Gasteiger partial charge on any atom is -0.379 e. The van der Waals surface area contributed by atoms with Gasteiger partial charge in [-0.25, -0.2) is 0 Å². The molecule has 1 saturated heterocycles. The van der Waals surface area contributed by atoms with E-state index < -0.39 is 0 Å². The van der Waals surface area contributed by atoms with Crippen molar-refractivity contribution in [2.45, 2.75) is 38.5 Å². The van der Waals surface area contributed by atoms with Gasteiger partial charge in [-0.1, -0.05) is 18.2 Å². The molecule has 1 aromatic carbocycles. The first-order valence-corrected chi connectivity index (χ1v) is 6.39. The van der Waals surface area contributed by atoms with Gasteiger partial charge in [0.25, 0.3) is 0 Å². The minimum atomic E-state index is 0.164. The Kier molecular flexibility index (Phi) is 2.90. The first kappa shape index (κ1) is 11.2. The molecular weight excluding hydrogens is 212 g/mol. The van der Waals surface area contributed by atoms with Crippen molar-refractivity contribution in [2.75, 3.05) is 13.2 Å². The van der Waals surface area contributed by atoms with Gasteiger partial charge in [-0.2, -0.15) is 0 Å². The van der Waals surface area contributed by atoms with Gasteiger partial charge in [-0.3, -0.25) is 0 Å². The summed E-state index contributed by atoms with van der Waals surface area (Å²) < 4.78 is 5.45. The number of rotatable bonds is 3. The zero-order valence-electron chi connectivity index (χ0n) is 10.4. The van der Waals surface area contributed by atoms with E-state index >= 15 is 0 Å². The lowest BCUT2D eigenvalue weighted by Crippen LogP contribution is -2.42. The van der Waals surface area contributed by atoms with E-state index in [4.69, 9.17) is 4.74 Å². The molecule has 0 aliphatic carbocycles. The van der Waals surface area contributed by atoms with Gasteiger partial charge >= 0.3 is 0 Å². The van der Waals surface area contributed by atoms with Crippen LogP contribution in [0.5, 0.6) is 0 Å². The third-order valence-corrected chi connectivity index (χ3v) is 3.84. The molecule has 0 amide bonds. The van der Waals surface area contributed by atoms with Crippen LogP contribution in [0.2, 0.25) is 0 Å². The van der Waals surface area contributed by atoms with Crippen LogP contribution in [0.25, 0.3) is 0 Å². The summed E-state index contributed by atoms with van der Waals surface area (Å²) in [5.41, 5.74) is 4.44. The van der Waals surface area contributed by atoms with Crippen molar-refractivity contribution in [3.05, 3.63) is 34.9 Å². The molecule has 0 aromatic heterocycles. The highest BCUT2D eigenvalue weighted by Gasteiger charge is 2.28. The topological polar surface area (TPSA) is 33.3 Å². The van der Waals surface area contributed by atoms with Crippen LogP contribution in [0, 0.1) is 0 Å². The lowest BCUT2D eigenvalue weighted by molar-refractivity contribution is 0.171. The van der Waals surface area contributed by atoms with E-state index in [-0.39, 0.29) is 5.54 Å². The van der Waals surface area contributed by atoms with Gasteiger partial charge in [-0.15, -0.1) is 0 Å². The Morgan fingerprint density at radius 1 is 1.35 bits per heavy atom. The summed E-state index contributed by atoms with van der Waals surface area (Å²) in [6, 6.07) is 6.80. The molecule has 0 radical (unpaired) electrons. The van der Waals surface area contributed by atoms with E-state index in [1.54, 1.807) is 0 Å². The van der Waals surface area contributed by atoms with Gasteiger partial charge in [0, 0.05) is 31.8 Å². The smallest absolute Gasteiger partial charge is 0.0646 e. The molecule has 1 atom stereocenters. The van der Waals surface area contributed by atoms with Crippen molar-refractivity contribution in [1.29, 1.82) is 0 Å². The fraction of sp³-hybridized carbons (Fsp3) is 0.571. The standard InChI is InChI=1S/C14H20N2O/c1-14(4-5-17-10-14)16-7-11-2-3-12-8-15-9-13(12)6-11/h2-3,6,15-16H,4-5,7-10H2,1H3. The maximum absolute atomic E-state index is 5.45. The average Bonchev–Trinajstić information content (AvgIpc) is 2.95. The van der Waals surface area contributed by atoms with Crippen LogP contribution < -0.4 is 10.6 Å². The number of fused-ring (bicyclic) bond motifs is 1. The molecular formula is C14H20N2O. The van der Waals surface area contributed by atoms with Crippen LogP contribution in [0.4, 0.5) is 0 Å². The van der Waals surface area contributed by atoms with Crippen molar-refractivity contribution in [2.24, 2.45) is 0 Å². The Hall–Kier alpha value is -0.900. The quantitative estimate of drug-likeness (QED) is 0.829. The molecule has 2 N–H and O–H groups in total. The third-order valence-electron chi connectivity index (χ3n) is 3.84. The molecule has 0 spiro atoms. The molecule has 0 bridgehead atoms. The van der Waals surface area contributed by atoms with Gasteiger partial charge in [0.05, 0.1) is 6.61 Å². The Bertz CT molecular complexity index is 411. The Morgan fingerprint density at radius 3 is 3.06 bits per heavy atom. The number of nitrogens with one attached hydrogen (secondary N) is 2. The second kappa shape index (κ2) is 4.41. The molecule has 3 nitrogen and oxygen atoms in total. The molecule has 1 aromatic rings. The summed E-state index contributed by atoms with van der Waals surface area (Å²) >= 11 is 0. The van der Waals surface area contributed by atoms with Gasteiger partial charge in [-0.05, 0) is 30.0 Å². The minimum absolute atomic E-state index is 0.164. The van der Waals surface area contributed by atoms with Crippen molar-refractivity contribution in [1.82, 2.24) is 10.6 Å². The van der Waals surface area contributed by atoms with E-state index in [0.717, 1.165) is 39.3 Å². The first-order chi connectivity index (χ1) is 8.25. The molecule has 2 aliphatic rings. The summed E-state index contributed by atoms with van der Waals surface area (Å²) in [6.45, 7) is 6.94. The SMILES string of the molecule is CC1(NCc2ccc3c(c2)CNC3)CCOC1. The second-order valence-corrected chi connectivity index (χ2v) is 5.42. The molecule has 1 fully saturated rings. The molecule has 92 valence electrons. The lowest BCUT2D eigenvalue weighted by Gasteiger charge is -2.23. The Morgan fingerprint density at radius 2 is 2.24 bits per heavy atom. The molecule has 0 saturated carbocycles. The van der Waals surface area contributed by atoms with Crippen molar-refractivity contribution in [3.63, 3.8) is 0 Å². The zero-order chi connectivity index (χ0) is 11.7. The van der Waals surface area contributed by atoms with Gasteiger partial charge in [0.15, 0.2) is 0 Å². The summed E-state index contributed by atoms with van der Waals surface area (Å²) in [5.74, 6) is 0. The van der Waals surface area contributed by atoms with Crippen molar-refractivity contribution >= 4 is 0 Å². The van der Waals surface area contributed by atoms with Gasteiger partial charge in [0.2, 0.25) is 0 Å². The first-order valence-electron chi connectivity index (χ1n) is 6.39. The van der Waals surface area contributed by atoms with Crippen LogP contribution in [0.1, 0.15) is 30.0 Å². The van der Waals surface area contributed by atoms with E-state index in [9.17, 15) is 0 Å². The van der Waals surface area contributed by atoms with Crippen molar-refractivity contribution < 1.29 is 4.74 Å². The Balaban J connectivity index is 1.65. The fourth-order valence-corrected chi connectivity index (χ4v) is 2.58. The zero-order valence-corrected chi connectivity index (χ0v) is 10.4. The summed E-state index contributed by atoms with van der Waals surface area (Å²) in [6.07, 6.45) is 1.11.